The number of rotatable bonds is 3. The summed E-state index contributed by atoms with van der Waals surface area (Å²) in [5, 5.41) is 6.95. The molecule has 2 rings (SSSR count). The fourth-order valence-electron chi connectivity index (χ4n) is 1.79. The van der Waals surface area contributed by atoms with Gasteiger partial charge >= 0.3 is 0 Å². The van der Waals surface area contributed by atoms with E-state index in [0.717, 1.165) is 5.69 Å². The van der Waals surface area contributed by atoms with Gasteiger partial charge in [-0.25, -0.2) is 0 Å². The second-order valence-corrected chi connectivity index (χ2v) is 4.25. The van der Waals surface area contributed by atoms with Crippen molar-refractivity contribution in [2.45, 2.75) is 6.92 Å². The van der Waals surface area contributed by atoms with E-state index in [2.05, 4.69) is 10.4 Å². The SMILES string of the molecule is COc1cc(N)cc(C(=O)Nc2cn(C)nc2C)c1. The molecule has 1 amide bonds. The number of hydrogen-bond acceptors (Lipinski definition) is 4. The van der Waals surface area contributed by atoms with Crippen molar-refractivity contribution in [1.29, 1.82) is 0 Å². The maximum atomic E-state index is 12.1. The molecule has 0 aliphatic rings. The number of nitrogens with one attached hydrogen (secondary N) is 1. The van der Waals surface area contributed by atoms with Crippen LogP contribution in [0.3, 0.4) is 0 Å². The van der Waals surface area contributed by atoms with Gasteiger partial charge in [-0.15, -0.1) is 0 Å². The van der Waals surface area contributed by atoms with Gasteiger partial charge in [0, 0.05) is 30.6 Å². The van der Waals surface area contributed by atoms with E-state index in [4.69, 9.17) is 10.5 Å². The topological polar surface area (TPSA) is 82.2 Å². The Hall–Kier alpha value is -2.50. The highest BCUT2D eigenvalue weighted by Gasteiger charge is 2.11. The van der Waals surface area contributed by atoms with Crippen LogP contribution in [0.5, 0.6) is 5.75 Å². The molecule has 19 heavy (non-hydrogen) atoms. The normalized spacial score (nSPS) is 10.3. The van der Waals surface area contributed by atoms with E-state index >= 15 is 0 Å². The molecule has 0 aliphatic carbocycles. The van der Waals surface area contributed by atoms with Crippen LogP contribution in [0.2, 0.25) is 0 Å². The Balaban J connectivity index is 2.25. The number of anilines is 2. The van der Waals surface area contributed by atoms with E-state index in [1.54, 1.807) is 36.1 Å². The minimum Gasteiger partial charge on any atom is -0.497 e. The number of nitrogen functional groups attached to an aromatic ring is 1. The van der Waals surface area contributed by atoms with Gasteiger partial charge in [0.05, 0.1) is 18.5 Å². The highest BCUT2D eigenvalue weighted by molar-refractivity contribution is 6.05. The predicted octanol–water partition coefficient (Wildman–Crippen LogP) is 1.57. The van der Waals surface area contributed by atoms with Gasteiger partial charge in [-0.05, 0) is 19.1 Å². The van der Waals surface area contributed by atoms with E-state index in [0.29, 0.717) is 22.7 Å². The van der Waals surface area contributed by atoms with Crippen LogP contribution in [0.25, 0.3) is 0 Å². The van der Waals surface area contributed by atoms with Crippen LogP contribution in [0.4, 0.5) is 11.4 Å². The zero-order valence-corrected chi connectivity index (χ0v) is 11.1. The summed E-state index contributed by atoms with van der Waals surface area (Å²) >= 11 is 0. The number of carbonyl (C=O) groups excluding carboxylic acids is 1. The number of nitrogens with zero attached hydrogens (tertiary/aromatic N) is 2. The molecule has 100 valence electrons. The van der Waals surface area contributed by atoms with Crippen LogP contribution in [0.1, 0.15) is 16.1 Å². The number of aromatic nitrogens is 2. The van der Waals surface area contributed by atoms with E-state index in [1.165, 1.54) is 7.11 Å². The van der Waals surface area contributed by atoms with Gasteiger partial charge in [0.15, 0.2) is 0 Å². The van der Waals surface area contributed by atoms with Crippen LogP contribution >= 0.6 is 0 Å². The first-order valence-electron chi connectivity index (χ1n) is 5.75. The lowest BCUT2D eigenvalue weighted by Gasteiger charge is -2.07. The van der Waals surface area contributed by atoms with E-state index in [1.807, 2.05) is 6.92 Å². The summed E-state index contributed by atoms with van der Waals surface area (Å²) in [4.78, 5) is 12.1. The third-order valence-corrected chi connectivity index (χ3v) is 2.69. The van der Waals surface area contributed by atoms with Crippen molar-refractivity contribution >= 4 is 17.3 Å². The van der Waals surface area contributed by atoms with Crippen molar-refractivity contribution in [3.63, 3.8) is 0 Å². The fourth-order valence-corrected chi connectivity index (χ4v) is 1.79. The van der Waals surface area contributed by atoms with Crippen LogP contribution < -0.4 is 15.8 Å². The number of benzene rings is 1. The molecule has 1 aromatic carbocycles. The van der Waals surface area contributed by atoms with Gasteiger partial charge in [-0.2, -0.15) is 5.10 Å². The Bertz CT molecular complexity index is 619. The van der Waals surface area contributed by atoms with Crippen molar-refractivity contribution in [2.24, 2.45) is 7.05 Å². The van der Waals surface area contributed by atoms with Crippen LogP contribution in [-0.2, 0) is 7.05 Å². The maximum Gasteiger partial charge on any atom is 0.255 e. The van der Waals surface area contributed by atoms with Crippen LogP contribution in [0, 0.1) is 6.92 Å². The highest BCUT2D eigenvalue weighted by Crippen LogP contribution is 2.20. The van der Waals surface area contributed by atoms with Gasteiger partial charge in [-0.1, -0.05) is 0 Å². The van der Waals surface area contributed by atoms with Crippen molar-refractivity contribution in [3.05, 3.63) is 35.7 Å². The van der Waals surface area contributed by atoms with Gasteiger partial charge in [0.1, 0.15) is 5.75 Å². The largest absolute Gasteiger partial charge is 0.497 e. The minimum atomic E-state index is -0.248. The molecule has 0 bridgehead atoms. The number of ether oxygens (including phenoxy) is 1. The molecular formula is C13H16N4O2. The third kappa shape index (κ3) is 2.85. The lowest BCUT2D eigenvalue weighted by molar-refractivity contribution is 0.102. The van der Waals surface area contributed by atoms with Gasteiger partial charge in [0.2, 0.25) is 0 Å². The summed E-state index contributed by atoms with van der Waals surface area (Å²) in [6.45, 7) is 1.83. The van der Waals surface area contributed by atoms with Crippen LogP contribution in [-0.4, -0.2) is 22.8 Å². The molecule has 0 radical (unpaired) electrons. The van der Waals surface area contributed by atoms with E-state index in [-0.39, 0.29) is 5.91 Å². The molecule has 3 N–H and O–H groups in total. The molecule has 1 aromatic heterocycles. The molecule has 0 saturated heterocycles. The smallest absolute Gasteiger partial charge is 0.255 e. The first kappa shape index (κ1) is 12.9. The molecule has 0 atom stereocenters. The molecule has 0 spiro atoms. The van der Waals surface area contributed by atoms with Gasteiger partial charge in [0.25, 0.3) is 5.91 Å². The van der Waals surface area contributed by atoms with E-state index < -0.39 is 0 Å². The summed E-state index contributed by atoms with van der Waals surface area (Å²) in [5.74, 6) is 0.301. The average molecular weight is 260 g/mol. The average Bonchev–Trinajstić information content (AvgIpc) is 2.67. The molecule has 0 saturated carbocycles. The number of hydrogen-bond donors (Lipinski definition) is 2. The summed E-state index contributed by atoms with van der Waals surface area (Å²) in [7, 11) is 3.33. The fraction of sp³-hybridized carbons (Fsp3) is 0.231. The van der Waals surface area contributed by atoms with Crippen molar-refractivity contribution in [1.82, 2.24) is 9.78 Å². The zero-order valence-electron chi connectivity index (χ0n) is 11.1. The Kier molecular flexibility index (Phi) is 3.41. The maximum absolute atomic E-state index is 12.1. The van der Waals surface area contributed by atoms with Crippen molar-refractivity contribution < 1.29 is 9.53 Å². The molecule has 2 aromatic rings. The molecule has 0 fully saturated rings. The standard InChI is InChI=1S/C13H16N4O2/c1-8-12(7-17(2)16-8)15-13(18)9-4-10(14)6-11(5-9)19-3/h4-7H,14H2,1-3H3,(H,15,18). The Morgan fingerprint density at radius 2 is 2.16 bits per heavy atom. The lowest BCUT2D eigenvalue weighted by Crippen LogP contribution is -2.12. The summed E-state index contributed by atoms with van der Waals surface area (Å²) in [6.07, 6.45) is 1.75. The summed E-state index contributed by atoms with van der Waals surface area (Å²) < 4.78 is 6.73. The summed E-state index contributed by atoms with van der Waals surface area (Å²) in [5.41, 5.74) is 8.08. The monoisotopic (exact) mass is 260 g/mol. The second-order valence-electron chi connectivity index (χ2n) is 4.25. The Labute approximate surface area is 111 Å². The number of carbonyl (C=O) groups is 1. The van der Waals surface area contributed by atoms with Crippen molar-refractivity contribution in [2.75, 3.05) is 18.2 Å². The number of nitrogens with two attached hydrogens (primary N) is 1. The minimum absolute atomic E-state index is 0.248. The highest BCUT2D eigenvalue weighted by atomic mass is 16.5. The van der Waals surface area contributed by atoms with Gasteiger partial charge in [-0.3, -0.25) is 9.48 Å². The lowest BCUT2D eigenvalue weighted by atomic mass is 10.1. The Morgan fingerprint density at radius 1 is 1.42 bits per heavy atom. The molecule has 6 heteroatoms. The molecule has 1 heterocycles. The molecule has 6 nitrogen and oxygen atoms in total. The molecule has 0 unspecified atom stereocenters. The summed E-state index contributed by atoms with van der Waals surface area (Å²) in [6, 6.07) is 4.90. The number of aryl methyl sites for hydroxylation is 2. The molecular weight excluding hydrogens is 244 g/mol. The third-order valence-electron chi connectivity index (χ3n) is 2.69. The molecule has 0 aliphatic heterocycles. The van der Waals surface area contributed by atoms with Crippen LogP contribution in [0.15, 0.2) is 24.4 Å². The second kappa shape index (κ2) is 5.01. The first-order valence-corrected chi connectivity index (χ1v) is 5.75. The zero-order chi connectivity index (χ0) is 14.0. The number of methoxy groups -OCH3 is 1. The predicted molar refractivity (Wildman–Crippen MR) is 73.3 cm³/mol. The first-order chi connectivity index (χ1) is 8.99. The Morgan fingerprint density at radius 3 is 2.74 bits per heavy atom. The van der Waals surface area contributed by atoms with Gasteiger partial charge < -0.3 is 15.8 Å². The van der Waals surface area contributed by atoms with Crippen molar-refractivity contribution in [3.8, 4) is 5.75 Å². The van der Waals surface area contributed by atoms with E-state index in [9.17, 15) is 4.79 Å². The number of amides is 1. The quantitative estimate of drug-likeness (QED) is 0.821.